The zero-order valence-corrected chi connectivity index (χ0v) is 14.4. The molecule has 4 heterocycles. The van der Waals surface area contributed by atoms with Crippen LogP contribution in [0.3, 0.4) is 0 Å². The molecule has 1 aliphatic heterocycles. The number of thiazole rings is 1. The summed E-state index contributed by atoms with van der Waals surface area (Å²) in [4.78, 5) is 24.9. The first kappa shape index (κ1) is 15.3. The number of fused-ring (bicyclic) bond motifs is 1. The van der Waals surface area contributed by atoms with Gasteiger partial charge in [0, 0.05) is 41.5 Å². The van der Waals surface area contributed by atoms with E-state index in [1.54, 1.807) is 17.5 Å². The van der Waals surface area contributed by atoms with Gasteiger partial charge in [-0.2, -0.15) is 0 Å². The van der Waals surface area contributed by atoms with Crippen molar-refractivity contribution in [2.75, 3.05) is 18.5 Å². The Bertz CT molecular complexity index is 909. The molecule has 7 heteroatoms. The van der Waals surface area contributed by atoms with Crippen molar-refractivity contribution in [1.29, 1.82) is 0 Å². The van der Waals surface area contributed by atoms with Gasteiger partial charge in [0.2, 0.25) is 5.91 Å². The van der Waals surface area contributed by atoms with Gasteiger partial charge < -0.3 is 15.0 Å². The van der Waals surface area contributed by atoms with E-state index in [1.807, 2.05) is 12.3 Å². The molecule has 1 atom stereocenters. The van der Waals surface area contributed by atoms with Gasteiger partial charge in [0.1, 0.15) is 10.8 Å². The summed E-state index contributed by atoms with van der Waals surface area (Å²) in [6.45, 7) is 5.17. The lowest BCUT2D eigenvalue weighted by Gasteiger charge is -2.04. The van der Waals surface area contributed by atoms with Crippen LogP contribution in [0.25, 0.3) is 21.5 Å². The van der Waals surface area contributed by atoms with Gasteiger partial charge in [-0.25, -0.2) is 9.97 Å². The molecule has 0 radical (unpaired) electrons. The number of aryl methyl sites for hydroxylation is 1. The van der Waals surface area contributed by atoms with E-state index in [-0.39, 0.29) is 5.91 Å². The first-order chi connectivity index (χ1) is 11.6. The number of aromatic amines is 1. The summed E-state index contributed by atoms with van der Waals surface area (Å²) < 4.78 is 5.50. The average Bonchev–Trinajstić information content (AvgIpc) is 3.24. The van der Waals surface area contributed by atoms with Crippen molar-refractivity contribution in [3.63, 3.8) is 0 Å². The first-order valence-corrected chi connectivity index (χ1v) is 8.73. The number of carbonyl (C=O) groups is 1. The van der Waals surface area contributed by atoms with E-state index in [0.717, 1.165) is 46.8 Å². The first-order valence-electron chi connectivity index (χ1n) is 7.92. The van der Waals surface area contributed by atoms with Crippen LogP contribution in [0, 0.1) is 6.92 Å². The van der Waals surface area contributed by atoms with E-state index in [1.165, 1.54) is 11.8 Å². The molecule has 1 aliphatic rings. The lowest BCUT2D eigenvalue weighted by atomic mass is 10.0. The molecule has 2 N–H and O–H groups in total. The average molecular weight is 342 g/mol. The molecule has 0 saturated carbocycles. The zero-order chi connectivity index (χ0) is 16.7. The van der Waals surface area contributed by atoms with Gasteiger partial charge in [0.15, 0.2) is 0 Å². The second-order valence-corrected chi connectivity index (χ2v) is 7.22. The Morgan fingerprint density at radius 2 is 2.38 bits per heavy atom. The molecule has 0 aliphatic carbocycles. The Morgan fingerprint density at radius 1 is 1.50 bits per heavy atom. The van der Waals surface area contributed by atoms with Gasteiger partial charge >= 0.3 is 0 Å². The number of pyridine rings is 1. The third-order valence-corrected chi connectivity index (χ3v) is 5.27. The number of amides is 1. The number of rotatable bonds is 3. The van der Waals surface area contributed by atoms with Crippen molar-refractivity contribution >= 4 is 34.0 Å². The Morgan fingerprint density at radius 3 is 3.12 bits per heavy atom. The molecule has 3 aromatic heterocycles. The van der Waals surface area contributed by atoms with Gasteiger partial charge in [-0.05, 0) is 19.4 Å². The zero-order valence-electron chi connectivity index (χ0n) is 13.5. The molecule has 1 unspecified atom stereocenters. The molecule has 4 rings (SSSR count). The minimum Gasteiger partial charge on any atom is -0.381 e. The summed E-state index contributed by atoms with van der Waals surface area (Å²) in [5.74, 6) is 0.818. The second-order valence-electron chi connectivity index (χ2n) is 6.02. The van der Waals surface area contributed by atoms with E-state index in [9.17, 15) is 4.79 Å². The number of H-pyrrole nitrogens is 1. The molecule has 0 aromatic carbocycles. The van der Waals surface area contributed by atoms with Crippen LogP contribution in [0.5, 0.6) is 0 Å². The van der Waals surface area contributed by atoms with Gasteiger partial charge in [-0.3, -0.25) is 4.79 Å². The highest BCUT2D eigenvalue weighted by Crippen LogP contribution is 2.37. The van der Waals surface area contributed by atoms with E-state index in [2.05, 4.69) is 22.2 Å². The fourth-order valence-electron chi connectivity index (χ4n) is 3.10. The largest absolute Gasteiger partial charge is 0.381 e. The van der Waals surface area contributed by atoms with Crippen molar-refractivity contribution < 1.29 is 9.53 Å². The summed E-state index contributed by atoms with van der Waals surface area (Å²) in [7, 11) is 0. The quantitative estimate of drug-likeness (QED) is 0.764. The molecule has 1 fully saturated rings. The van der Waals surface area contributed by atoms with Gasteiger partial charge in [-0.1, -0.05) is 0 Å². The number of nitrogens with one attached hydrogen (secondary N) is 2. The SMILES string of the molecule is CC(=O)Nc1cc2c(-c3nc(C4CCOC4)c(C)s3)c[nH]c2cn1. The van der Waals surface area contributed by atoms with Crippen LogP contribution >= 0.6 is 11.3 Å². The normalized spacial score (nSPS) is 17.5. The monoisotopic (exact) mass is 342 g/mol. The highest BCUT2D eigenvalue weighted by atomic mass is 32.1. The molecule has 0 spiro atoms. The van der Waals surface area contributed by atoms with Crippen molar-refractivity contribution in [3.05, 3.63) is 29.0 Å². The minimum atomic E-state index is -0.132. The molecule has 1 amide bonds. The van der Waals surface area contributed by atoms with E-state index >= 15 is 0 Å². The Kier molecular flexibility index (Phi) is 3.82. The molecule has 124 valence electrons. The molecule has 3 aromatic rings. The molecular weight excluding hydrogens is 324 g/mol. The van der Waals surface area contributed by atoms with E-state index in [4.69, 9.17) is 9.72 Å². The Hall–Kier alpha value is -2.25. The highest BCUT2D eigenvalue weighted by molar-refractivity contribution is 7.15. The lowest BCUT2D eigenvalue weighted by molar-refractivity contribution is -0.114. The molecule has 1 saturated heterocycles. The number of carbonyl (C=O) groups excluding carboxylic acids is 1. The van der Waals surface area contributed by atoms with Crippen molar-refractivity contribution in [3.8, 4) is 10.6 Å². The number of nitrogens with zero attached hydrogens (tertiary/aromatic N) is 2. The summed E-state index contributed by atoms with van der Waals surface area (Å²) in [6.07, 6.45) is 4.72. The van der Waals surface area contributed by atoms with E-state index < -0.39 is 0 Å². The number of hydrogen-bond acceptors (Lipinski definition) is 5. The Balaban J connectivity index is 1.75. The molecule has 24 heavy (non-hydrogen) atoms. The van der Waals surface area contributed by atoms with Crippen molar-refractivity contribution in [2.24, 2.45) is 0 Å². The number of hydrogen-bond donors (Lipinski definition) is 2. The summed E-state index contributed by atoms with van der Waals surface area (Å²) in [5, 5.41) is 4.73. The summed E-state index contributed by atoms with van der Waals surface area (Å²) >= 11 is 1.70. The smallest absolute Gasteiger partial charge is 0.222 e. The maximum atomic E-state index is 11.3. The number of anilines is 1. The third kappa shape index (κ3) is 2.70. The Labute approximate surface area is 143 Å². The van der Waals surface area contributed by atoms with Crippen LogP contribution in [0.4, 0.5) is 5.82 Å². The van der Waals surface area contributed by atoms with E-state index in [0.29, 0.717) is 11.7 Å². The fraction of sp³-hybridized carbons (Fsp3) is 0.353. The summed E-state index contributed by atoms with van der Waals surface area (Å²) in [5.41, 5.74) is 3.12. The summed E-state index contributed by atoms with van der Waals surface area (Å²) in [6, 6.07) is 1.89. The minimum absolute atomic E-state index is 0.132. The van der Waals surface area contributed by atoms with Crippen LogP contribution in [0.15, 0.2) is 18.5 Å². The molecule has 0 bridgehead atoms. The molecule has 6 nitrogen and oxygen atoms in total. The topological polar surface area (TPSA) is 79.9 Å². The lowest BCUT2D eigenvalue weighted by Crippen LogP contribution is -2.06. The second kappa shape index (κ2) is 5.99. The maximum absolute atomic E-state index is 11.3. The van der Waals surface area contributed by atoms with Crippen LogP contribution in [0.2, 0.25) is 0 Å². The number of ether oxygens (including phenoxy) is 1. The highest BCUT2D eigenvalue weighted by Gasteiger charge is 2.24. The predicted octanol–water partition coefficient (Wildman–Crippen LogP) is 3.46. The standard InChI is InChI=1S/C17H18N4O2S/c1-9-16(11-3-4-23-8-11)21-17(24-9)13-6-18-14-7-19-15(5-12(13)14)20-10(2)22/h5-7,11,18H,3-4,8H2,1-2H3,(H,19,20,22). The van der Waals surface area contributed by atoms with Crippen molar-refractivity contribution in [2.45, 2.75) is 26.2 Å². The van der Waals surface area contributed by atoms with Crippen LogP contribution in [0.1, 0.15) is 29.8 Å². The fourth-order valence-corrected chi connectivity index (χ4v) is 4.13. The van der Waals surface area contributed by atoms with Gasteiger partial charge in [0.25, 0.3) is 0 Å². The number of aromatic nitrogens is 3. The van der Waals surface area contributed by atoms with Crippen LogP contribution in [-0.2, 0) is 9.53 Å². The molecular formula is C17H18N4O2S. The van der Waals surface area contributed by atoms with Gasteiger partial charge in [0.05, 0.1) is 24.0 Å². The van der Waals surface area contributed by atoms with Crippen LogP contribution < -0.4 is 5.32 Å². The predicted molar refractivity (Wildman–Crippen MR) is 94.4 cm³/mol. The van der Waals surface area contributed by atoms with Crippen LogP contribution in [-0.4, -0.2) is 34.1 Å². The third-order valence-electron chi connectivity index (χ3n) is 4.25. The van der Waals surface area contributed by atoms with Gasteiger partial charge in [-0.15, -0.1) is 11.3 Å². The van der Waals surface area contributed by atoms with Crippen molar-refractivity contribution in [1.82, 2.24) is 15.0 Å². The maximum Gasteiger partial charge on any atom is 0.222 e.